The lowest BCUT2D eigenvalue weighted by molar-refractivity contribution is 0.415. The molecule has 0 bridgehead atoms. The summed E-state index contributed by atoms with van der Waals surface area (Å²) in [5.74, 6) is 0.864. The summed E-state index contributed by atoms with van der Waals surface area (Å²) < 4.78 is 5.18. The molecule has 2 aromatic rings. The van der Waals surface area contributed by atoms with Crippen molar-refractivity contribution in [3.05, 3.63) is 36.0 Å². The van der Waals surface area contributed by atoms with E-state index in [-0.39, 0.29) is 0 Å². The van der Waals surface area contributed by atoms with Crippen LogP contribution in [0.1, 0.15) is 18.9 Å². The van der Waals surface area contributed by atoms with Crippen LogP contribution < -0.4 is 4.74 Å². The Bertz CT molecular complexity index is 465. The lowest BCUT2D eigenvalue weighted by Gasteiger charge is -2.06. The van der Waals surface area contributed by atoms with E-state index in [1.165, 1.54) is 10.9 Å². The first kappa shape index (κ1) is 9.97. The normalized spacial score (nSPS) is 10.5. The Hall–Kier alpha value is -1.57. The molecule has 1 heterocycles. The van der Waals surface area contributed by atoms with Gasteiger partial charge in [-0.25, -0.2) is 0 Å². The average molecular weight is 201 g/mol. The van der Waals surface area contributed by atoms with Crippen LogP contribution in [0.3, 0.4) is 0 Å². The standard InChI is InChI=1S/C13H15NO/c1-3-4-10-7-8-14-13-9-11(15-2)5-6-12(10)13/h5-9H,3-4H2,1-2H3. The summed E-state index contributed by atoms with van der Waals surface area (Å²) in [6.07, 6.45) is 4.13. The number of pyridine rings is 1. The predicted octanol–water partition coefficient (Wildman–Crippen LogP) is 3.20. The zero-order chi connectivity index (χ0) is 10.7. The van der Waals surface area contributed by atoms with Crippen LogP contribution in [-0.2, 0) is 6.42 Å². The summed E-state index contributed by atoms with van der Waals surface area (Å²) in [5, 5.41) is 1.24. The van der Waals surface area contributed by atoms with E-state index in [0.717, 1.165) is 24.1 Å². The number of rotatable bonds is 3. The monoisotopic (exact) mass is 201 g/mol. The van der Waals surface area contributed by atoms with Gasteiger partial charge in [-0.15, -0.1) is 0 Å². The van der Waals surface area contributed by atoms with E-state index in [0.29, 0.717) is 0 Å². The SMILES string of the molecule is CCCc1ccnc2cc(OC)ccc12. The zero-order valence-corrected chi connectivity index (χ0v) is 9.16. The van der Waals surface area contributed by atoms with Gasteiger partial charge in [0.1, 0.15) is 5.75 Å². The van der Waals surface area contributed by atoms with Gasteiger partial charge < -0.3 is 4.74 Å². The van der Waals surface area contributed by atoms with Gasteiger partial charge in [-0.3, -0.25) is 4.98 Å². The predicted molar refractivity (Wildman–Crippen MR) is 62.3 cm³/mol. The van der Waals surface area contributed by atoms with Crippen molar-refractivity contribution >= 4 is 10.9 Å². The molecule has 0 amide bonds. The van der Waals surface area contributed by atoms with Crippen molar-refractivity contribution in [3.8, 4) is 5.75 Å². The number of aryl methyl sites for hydroxylation is 1. The smallest absolute Gasteiger partial charge is 0.121 e. The summed E-state index contributed by atoms with van der Waals surface area (Å²) >= 11 is 0. The number of hydrogen-bond acceptors (Lipinski definition) is 2. The molecule has 0 fully saturated rings. The van der Waals surface area contributed by atoms with Crippen molar-refractivity contribution in [2.75, 3.05) is 7.11 Å². The van der Waals surface area contributed by atoms with E-state index in [4.69, 9.17) is 4.74 Å². The highest BCUT2D eigenvalue weighted by molar-refractivity contribution is 5.83. The number of benzene rings is 1. The second-order valence-corrected chi connectivity index (χ2v) is 3.60. The Kier molecular flexibility index (Phi) is 2.86. The van der Waals surface area contributed by atoms with Gasteiger partial charge in [-0.05, 0) is 30.2 Å². The number of fused-ring (bicyclic) bond motifs is 1. The minimum absolute atomic E-state index is 0.864. The van der Waals surface area contributed by atoms with E-state index in [1.807, 2.05) is 18.3 Å². The van der Waals surface area contributed by atoms with E-state index in [1.54, 1.807) is 7.11 Å². The average Bonchev–Trinajstić information content (AvgIpc) is 2.29. The molecule has 0 saturated heterocycles. The molecular formula is C13H15NO. The van der Waals surface area contributed by atoms with E-state index >= 15 is 0 Å². The first-order chi connectivity index (χ1) is 7.35. The Balaban J connectivity index is 2.56. The molecular weight excluding hydrogens is 186 g/mol. The number of methoxy groups -OCH3 is 1. The topological polar surface area (TPSA) is 22.1 Å². The summed E-state index contributed by atoms with van der Waals surface area (Å²) in [6, 6.07) is 8.15. The highest BCUT2D eigenvalue weighted by atomic mass is 16.5. The fourth-order valence-corrected chi connectivity index (χ4v) is 1.80. The van der Waals surface area contributed by atoms with Gasteiger partial charge in [0.05, 0.1) is 12.6 Å². The van der Waals surface area contributed by atoms with Gasteiger partial charge in [-0.2, -0.15) is 0 Å². The van der Waals surface area contributed by atoms with E-state index in [9.17, 15) is 0 Å². The van der Waals surface area contributed by atoms with Gasteiger partial charge in [0.15, 0.2) is 0 Å². The summed E-state index contributed by atoms with van der Waals surface area (Å²) in [5.41, 5.74) is 2.38. The molecule has 0 spiro atoms. The summed E-state index contributed by atoms with van der Waals surface area (Å²) in [4.78, 5) is 4.35. The first-order valence-corrected chi connectivity index (χ1v) is 5.26. The van der Waals surface area contributed by atoms with Gasteiger partial charge >= 0.3 is 0 Å². The number of ether oxygens (including phenoxy) is 1. The van der Waals surface area contributed by atoms with Crippen molar-refractivity contribution in [1.82, 2.24) is 4.98 Å². The molecule has 2 heteroatoms. The Morgan fingerprint density at radius 2 is 2.13 bits per heavy atom. The molecule has 1 aromatic carbocycles. The van der Waals surface area contributed by atoms with Crippen molar-refractivity contribution in [1.29, 1.82) is 0 Å². The van der Waals surface area contributed by atoms with Gasteiger partial charge in [-0.1, -0.05) is 13.3 Å². The van der Waals surface area contributed by atoms with E-state index in [2.05, 4.69) is 24.0 Å². The summed E-state index contributed by atoms with van der Waals surface area (Å²) in [6.45, 7) is 2.19. The number of nitrogens with zero attached hydrogens (tertiary/aromatic N) is 1. The van der Waals surface area contributed by atoms with Crippen LogP contribution >= 0.6 is 0 Å². The minimum Gasteiger partial charge on any atom is -0.497 e. The van der Waals surface area contributed by atoms with Gasteiger partial charge in [0, 0.05) is 17.6 Å². The fraction of sp³-hybridized carbons (Fsp3) is 0.308. The second kappa shape index (κ2) is 4.30. The molecule has 78 valence electrons. The minimum atomic E-state index is 0.864. The molecule has 0 aliphatic rings. The molecule has 15 heavy (non-hydrogen) atoms. The van der Waals surface area contributed by atoms with E-state index < -0.39 is 0 Å². The van der Waals surface area contributed by atoms with Crippen LogP contribution in [0.4, 0.5) is 0 Å². The third kappa shape index (κ3) is 1.94. The molecule has 0 radical (unpaired) electrons. The maximum atomic E-state index is 5.18. The molecule has 2 nitrogen and oxygen atoms in total. The Morgan fingerprint density at radius 3 is 2.87 bits per heavy atom. The third-order valence-electron chi connectivity index (χ3n) is 2.56. The van der Waals surface area contributed by atoms with Crippen molar-refractivity contribution < 1.29 is 4.74 Å². The van der Waals surface area contributed by atoms with Crippen LogP contribution in [0.5, 0.6) is 5.75 Å². The van der Waals surface area contributed by atoms with Crippen LogP contribution in [0, 0.1) is 0 Å². The molecule has 0 unspecified atom stereocenters. The largest absolute Gasteiger partial charge is 0.497 e. The zero-order valence-electron chi connectivity index (χ0n) is 9.16. The van der Waals surface area contributed by atoms with Crippen LogP contribution in [0.15, 0.2) is 30.5 Å². The lowest BCUT2D eigenvalue weighted by atomic mass is 10.1. The Labute approximate surface area is 89.9 Å². The van der Waals surface area contributed by atoms with Gasteiger partial charge in [0.25, 0.3) is 0 Å². The Morgan fingerprint density at radius 1 is 1.27 bits per heavy atom. The third-order valence-corrected chi connectivity index (χ3v) is 2.56. The first-order valence-electron chi connectivity index (χ1n) is 5.26. The molecule has 1 aromatic heterocycles. The van der Waals surface area contributed by atoms with Crippen molar-refractivity contribution in [3.63, 3.8) is 0 Å². The lowest BCUT2D eigenvalue weighted by Crippen LogP contribution is -1.89. The molecule has 2 rings (SSSR count). The quantitative estimate of drug-likeness (QED) is 0.760. The maximum absolute atomic E-state index is 5.18. The maximum Gasteiger partial charge on any atom is 0.121 e. The molecule has 0 aliphatic carbocycles. The highest BCUT2D eigenvalue weighted by Crippen LogP contribution is 2.22. The molecule has 0 aliphatic heterocycles. The molecule has 0 atom stereocenters. The fourth-order valence-electron chi connectivity index (χ4n) is 1.80. The number of aromatic nitrogens is 1. The number of hydrogen-bond donors (Lipinski definition) is 0. The van der Waals surface area contributed by atoms with Crippen molar-refractivity contribution in [2.24, 2.45) is 0 Å². The van der Waals surface area contributed by atoms with Crippen LogP contribution in [0.25, 0.3) is 10.9 Å². The van der Waals surface area contributed by atoms with Crippen LogP contribution in [0.2, 0.25) is 0 Å². The molecule has 0 N–H and O–H groups in total. The molecule has 0 saturated carbocycles. The van der Waals surface area contributed by atoms with Crippen LogP contribution in [-0.4, -0.2) is 12.1 Å². The highest BCUT2D eigenvalue weighted by Gasteiger charge is 2.02. The summed E-state index contributed by atoms with van der Waals surface area (Å²) in [7, 11) is 1.68. The second-order valence-electron chi connectivity index (χ2n) is 3.60. The van der Waals surface area contributed by atoms with Gasteiger partial charge in [0.2, 0.25) is 0 Å². The van der Waals surface area contributed by atoms with Crippen molar-refractivity contribution in [2.45, 2.75) is 19.8 Å².